The topological polar surface area (TPSA) is 53.1 Å². The standard InChI is InChI=1S/C15H25N5/c1-6-17-15(18-7-1)20-10-4-14(5-11-20)19-12-13-2-8-16-9-3-13/h1,6-7,13-14,16,19H,2-5,8-12H2. The highest BCUT2D eigenvalue weighted by atomic mass is 15.3. The fourth-order valence-corrected chi connectivity index (χ4v) is 3.16. The van der Waals surface area contributed by atoms with Gasteiger partial charge < -0.3 is 15.5 Å². The predicted octanol–water partition coefficient (Wildman–Crippen LogP) is 1.03. The van der Waals surface area contributed by atoms with Crippen molar-refractivity contribution in [1.29, 1.82) is 0 Å². The summed E-state index contributed by atoms with van der Waals surface area (Å²) in [5, 5.41) is 7.20. The van der Waals surface area contributed by atoms with Gasteiger partial charge in [-0.1, -0.05) is 0 Å². The van der Waals surface area contributed by atoms with E-state index in [9.17, 15) is 0 Å². The van der Waals surface area contributed by atoms with Crippen LogP contribution in [0.25, 0.3) is 0 Å². The molecule has 0 aromatic carbocycles. The van der Waals surface area contributed by atoms with E-state index in [-0.39, 0.29) is 0 Å². The molecule has 1 aromatic rings. The number of hydrogen-bond acceptors (Lipinski definition) is 5. The van der Waals surface area contributed by atoms with Crippen LogP contribution in [0.3, 0.4) is 0 Å². The molecule has 0 unspecified atom stereocenters. The monoisotopic (exact) mass is 275 g/mol. The van der Waals surface area contributed by atoms with E-state index < -0.39 is 0 Å². The van der Waals surface area contributed by atoms with Gasteiger partial charge in [-0.2, -0.15) is 0 Å². The lowest BCUT2D eigenvalue weighted by Crippen LogP contribution is -2.45. The molecule has 2 fully saturated rings. The zero-order valence-corrected chi connectivity index (χ0v) is 12.1. The Hall–Kier alpha value is -1.20. The van der Waals surface area contributed by atoms with Gasteiger partial charge in [-0.15, -0.1) is 0 Å². The molecule has 1 aromatic heterocycles. The lowest BCUT2D eigenvalue weighted by Gasteiger charge is -2.33. The lowest BCUT2D eigenvalue weighted by molar-refractivity contribution is 0.321. The summed E-state index contributed by atoms with van der Waals surface area (Å²) < 4.78 is 0. The van der Waals surface area contributed by atoms with Gasteiger partial charge >= 0.3 is 0 Å². The number of piperidine rings is 2. The van der Waals surface area contributed by atoms with Crippen molar-refractivity contribution in [2.45, 2.75) is 31.7 Å². The van der Waals surface area contributed by atoms with Gasteiger partial charge in [-0.3, -0.25) is 0 Å². The van der Waals surface area contributed by atoms with Crippen molar-refractivity contribution in [3.8, 4) is 0 Å². The van der Waals surface area contributed by atoms with E-state index >= 15 is 0 Å². The molecule has 3 rings (SSSR count). The minimum absolute atomic E-state index is 0.671. The minimum Gasteiger partial charge on any atom is -0.341 e. The second-order valence-corrected chi connectivity index (χ2v) is 5.91. The summed E-state index contributed by atoms with van der Waals surface area (Å²) in [6.07, 6.45) is 8.69. The van der Waals surface area contributed by atoms with Crippen LogP contribution in [-0.4, -0.2) is 48.7 Å². The summed E-state index contributed by atoms with van der Waals surface area (Å²) >= 11 is 0. The molecule has 0 spiro atoms. The van der Waals surface area contributed by atoms with Crippen molar-refractivity contribution in [3.63, 3.8) is 0 Å². The Labute approximate surface area is 121 Å². The summed E-state index contributed by atoms with van der Waals surface area (Å²) in [5.74, 6) is 1.75. The zero-order valence-electron chi connectivity index (χ0n) is 12.1. The Morgan fingerprint density at radius 1 is 1.10 bits per heavy atom. The van der Waals surface area contributed by atoms with Gasteiger partial charge in [0.05, 0.1) is 0 Å². The number of rotatable bonds is 4. The molecule has 20 heavy (non-hydrogen) atoms. The van der Waals surface area contributed by atoms with Crippen molar-refractivity contribution in [3.05, 3.63) is 18.5 Å². The highest BCUT2D eigenvalue weighted by molar-refractivity contribution is 5.29. The Morgan fingerprint density at radius 2 is 1.80 bits per heavy atom. The Bertz CT molecular complexity index is 383. The van der Waals surface area contributed by atoms with E-state index in [2.05, 4.69) is 25.5 Å². The summed E-state index contributed by atoms with van der Waals surface area (Å²) in [4.78, 5) is 11.0. The molecule has 110 valence electrons. The predicted molar refractivity (Wildman–Crippen MR) is 80.9 cm³/mol. The summed E-state index contributed by atoms with van der Waals surface area (Å²) in [7, 11) is 0. The molecule has 0 amide bonds. The number of hydrogen-bond donors (Lipinski definition) is 2. The van der Waals surface area contributed by atoms with Crippen LogP contribution in [0.15, 0.2) is 18.5 Å². The maximum Gasteiger partial charge on any atom is 0.225 e. The zero-order chi connectivity index (χ0) is 13.6. The molecule has 0 saturated carbocycles. The lowest BCUT2D eigenvalue weighted by atomic mass is 9.97. The molecule has 0 aliphatic carbocycles. The fourth-order valence-electron chi connectivity index (χ4n) is 3.16. The van der Waals surface area contributed by atoms with Crippen LogP contribution in [0.2, 0.25) is 0 Å². The molecule has 5 nitrogen and oxygen atoms in total. The van der Waals surface area contributed by atoms with E-state index in [1.54, 1.807) is 0 Å². The quantitative estimate of drug-likeness (QED) is 0.860. The molecule has 0 radical (unpaired) electrons. The summed E-state index contributed by atoms with van der Waals surface area (Å²) in [6.45, 7) is 5.70. The molecule has 2 saturated heterocycles. The van der Waals surface area contributed by atoms with Gasteiger partial charge in [0.2, 0.25) is 5.95 Å². The van der Waals surface area contributed by atoms with Crippen LogP contribution in [0.1, 0.15) is 25.7 Å². The maximum atomic E-state index is 4.33. The molecule has 2 N–H and O–H groups in total. The average molecular weight is 275 g/mol. The molecule has 2 aliphatic rings. The fraction of sp³-hybridized carbons (Fsp3) is 0.733. The van der Waals surface area contributed by atoms with E-state index in [1.807, 2.05) is 18.5 Å². The Kier molecular flexibility index (Phi) is 4.82. The van der Waals surface area contributed by atoms with Gasteiger partial charge in [-0.05, 0) is 57.3 Å². The average Bonchev–Trinajstić information content (AvgIpc) is 2.55. The normalized spacial score (nSPS) is 22.1. The third-order valence-electron chi connectivity index (χ3n) is 4.48. The van der Waals surface area contributed by atoms with Gasteiger partial charge in [0.25, 0.3) is 0 Å². The summed E-state index contributed by atoms with van der Waals surface area (Å²) in [6, 6.07) is 2.54. The SMILES string of the molecule is c1cnc(N2CCC(NCC3CCNCC3)CC2)nc1. The van der Waals surface area contributed by atoms with Crippen LogP contribution >= 0.6 is 0 Å². The van der Waals surface area contributed by atoms with E-state index in [4.69, 9.17) is 0 Å². The first kappa shape index (κ1) is 13.8. The number of anilines is 1. The molecule has 5 heteroatoms. The van der Waals surface area contributed by atoms with Crippen LogP contribution in [0, 0.1) is 5.92 Å². The Balaban J connectivity index is 1.40. The van der Waals surface area contributed by atoms with Crippen LogP contribution in [0.5, 0.6) is 0 Å². The Morgan fingerprint density at radius 3 is 2.50 bits per heavy atom. The maximum absolute atomic E-state index is 4.33. The molecule has 3 heterocycles. The molecule has 0 bridgehead atoms. The van der Waals surface area contributed by atoms with Crippen molar-refractivity contribution < 1.29 is 0 Å². The number of nitrogens with one attached hydrogen (secondary N) is 2. The molecular weight excluding hydrogens is 250 g/mol. The van der Waals surface area contributed by atoms with Crippen molar-refractivity contribution in [2.75, 3.05) is 37.6 Å². The van der Waals surface area contributed by atoms with Crippen LogP contribution in [0.4, 0.5) is 5.95 Å². The highest BCUT2D eigenvalue weighted by Gasteiger charge is 2.21. The van der Waals surface area contributed by atoms with E-state index in [1.165, 1.54) is 45.3 Å². The summed E-state index contributed by atoms with van der Waals surface area (Å²) in [5.41, 5.74) is 0. The molecule has 0 atom stereocenters. The molecular formula is C15H25N5. The van der Waals surface area contributed by atoms with Gasteiger partial charge in [-0.25, -0.2) is 9.97 Å². The first-order valence-electron chi connectivity index (χ1n) is 7.88. The first-order valence-corrected chi connectivity index (χ1v) is 7.88. The largest absolute Gasteiger partial charge is 0.341 e. The second-order valence-electron chi connectivity index (χ2n) is 5.91. The van der Waals surface area contributed by atoms with Crippen LogP contribution in [-0.2, 0) is 0 Å². The van der Waals surface area contributed by atoms with Crippen molar-refractivity contribution >= 4 is 5.95 Å². The minimum atomic E-state index is 0.671. The van der Waals surface area contributed by atoms with Crippen molar-refractivity contribution in [1.82, 2.24) is 20.6 Å². The van der Waals surface area contributed by atoms with E-state index in [0.717, 1.165) is 25.0 Å². The molecule has 2 aliphatic heterocycles. The highest BCUT2D eigenvalue weighted by Crippen LogP contribution is 2.16. The van der Waals surface area contributed by atoms with Gasteiger partial charge in [0, 0.05) is 31.5 Å². The number of aromatic nitrogens is 2. The van der Waals surface area contributed by atoms with Crippen molar-refractivity contribution in [2.24, 2.45) is 5.92 Å². The third kappa shape index (κ3) is 3.67. The number of nitrogens with zero attached hydrogens (tertiary/aromatic N) is 3. The smallest absolute Gasteiger partial charge is 0.225 e. The van der Waals surface area contributed by atoms with Gasteiger partial charge in [0.15, 0.2) is 0 Å². The first-order chi connectivity index (χ1) is 9.92. The van der Waals surface area contributed by atoms with Crippen LogP contribution < -0.4 is 15.5 Å². The second kappa shape index (κ2) is 6.99. The van der Waals surface area contributed by atoms with Gasteiger partial charge in [0.1, 0.15) is 0 Å². The van der Waals surface area contributed by atoms with E-state index in [0.29, 0.717) is 6.04 Å². The third-order valence-corrected chi connectivity index (χ3v) is 4.48.